The normalized spacial score (nSPS) is 12.2. The van der Waals surface area contributed by atoms with Gasteiger partial charge in [0.15, 0.2) is 0 Å². The Morgan fingerprint density at radius 2 is 1.89 bits per heavy atom. The maximum atomic E-state index is 11.4. The summed E-state index contributed by atoms with van der Waals surface area (Å²) in [5, 5.41) is 18.3. The molecule has 1 atom stereocenters. The van der Waals surface area contributed by atoms with E-state index in [0.29, 0.717) is 5.39 Å². The van der Waals surface area contributed by atoms with Crippen molar-refractivity contribution in [3.63, 3.8) is 0 Å². The molecule has 2 N–H and O–H groups in total. The predicted molar refractivity (Wildman–Crippen MR) is 65.1 cm³/mol. The second-order valence-electron chi connectivity index (χ2n) is 4.01. The largest absolute Gasteiger partial charge is 0.481 e. The van der Waals surface area contributed by atoms with E-state index in [0.717, 1.165) is 6.07 Å². The minimum Gasteiger partial charge on any atom is -0.481 e. The Morgan fingerprint density at radius 1 is 1.21 bits per heavy atom. The van der Waals surface area contributed by atoms with Crippen LogP contribution in [0.15, 0.2) is 39.5 Å². The summed E-state index contributed by atoms with van der Waals surface area (Å²) >= 11 is 0. The zero-order valence-corrected chi connectivity index (χ0v) is 9.70. The Kier molecular flexibility index (Phi) is 3.33. The van der Waals surface area contributed by atoms with Crippen molar-refractivity contribution in [2.24, 2.45) is 0 Å². The van der Waals surface area contributed by atoms with Crippen molar-refractivity contribution in [1.82, 2.24) is 0 Å². The SMILES string of the molecule is O=C(O)CC(C(=O)O)c1cc(=O)oc2ccccc12. The van der Waals surface area contributed by atoms with E-state index in [4.69, 9.17) is 14.6 Å². The van der Waals surface area contributed by atoms with Gasteiger partial charge in [-0.05, 0) is 11.6 Å². The molecule has 0 amide bonds. The third-order valence-corrected chi connectivity index (χ3v) is 2.73. The summed E-state index contributed by atoms with van der Waals surface area (Å²) in [7, 11) is 0. The summed E-state index contributed by atoms with van der Waals surface area (Å²) in [5.41, 5.74) is -0.311. The first-order chi connectivity index (χ1) is 8.99. The molecule has 2 aromatic rings. The average Bonchev–Trinajstić information content (AvgIpc) is 2.34. The van der Waals surface area contributed by atoms with E-state index in [-0.39, 0.29) is 11.1 Å². The fraction of sp³-hybridized carbons (Fsp3) is 0.154. The lowest BCUT2D eigenvalue weighted by Crippen LogP contribution is -2.18. The van der Waals surface area contributed by atoms with E-state index >= 15 is 0 Å². The van der Waals surface area contributed by atoms with Gasteiger partial charge in [-0.15, -0.1) is 0 Å². The Hall–Kier alpha value is -2.63. The maximum Gasteiger partial charge on any atom is 0.336 e. The van der Waals surface area contributed by atoms with E-state index in [1.54, 1.807) is 18.2 Å². The molecule has 0 aliphatic heterocycles. The molecule has 1 heterocycles. The first-order valence-electron chi connectivity index (χ1n) is 5.46. The van der Waals surface area contributed by atoms with Crippen LogP contribution in [0.2, 0.25) is 0 Å². The van der Waals surface area contributed by atoms with Crippen LogP contribution in [0.5, 0.6) is 0 Å². The van der Waals surface area contributed by atoms with Crippen molar-refractivity contribution >= 4 is 22.9 Å². The molecule has 0 fully saturated rings. The Morgan fingerprint density at radius 3 is 2.53 bits per heavy atom. The van der Waals surface area contributed by atoms with E-state index in [1.165, 1.54) is 6.07 Å². The summed E-state index contributed by atoms with van der Waals surface area (Å²) in [4.78, 5) is 33.3. The molecule has 0 saturated carbocycles. The lowest BCUT2D eigenvalue weighted by Gasteiger charge is -2.12. The first kappa shape index (κ1) is 12.8. The second-order valence-corrected chi connectivity index (χ2v) is 4.01. The number of hydrogen-bond acceptors (Lipinski definition) is 4. The molecule has 6 heteroatoms. The van der Waals surface area contributed by atoms with Gasteiger partial charge >= 0.3 is 17.6 Å². The highest BCUT2D eigenvalue weighted by molar-refractivity contribution is 5.89. The molecule has 0 bridgehead atoms. The monoisotopic (exact) mass is 262 g/mol. The van der Waals surface area contributed by atoms with Crippen LogP contribution in [0.1, 0.15) is 17.9 Å². The van der Waals surface area contributed by atoms with Gasteiger partial charge in [0.2, 0.25) is 0 Å². The summed E-state index contributed by atoms with van der Waals surface area (Å²) in [6.07, 6.45) is -0.594. The number of carboxylic acid groups (broad SMARTS) is 2. The Balaban J connectivity index is 2.68. The molecule has 0 radical (unpaired) electrons. The van der Waals surface area contributed by atoms with Gasteiger partial charge in [-0.1, -0.05) is 18.2 Å². The van der Waals surface area contributed by atoms with Crippen LogP contribution in [0, 0.1) is 0 Å². The zero-order chi connectivity index (χ0) is 14.0. The van der Waals surface area contributed by atoms with Crippen molar-refractivity contribution < 1.29 is 24.2 Å². The summed E-state index contributed by atoms with van der Waals surface area (Å²) in [5.74, 6) is -3.82. The molecular formula is C13H10O6. The minimum absolute atomic E-state index is 0.154. The van der Waals surface area contributed by atoms with E-state index < -0.39 is 29.9 Å². The predicted octanol–water partition coefficient (Wildman–Crippen LogP) is 1.44. The quantitative estimate of drug-likeness (QED) is 0.807. The summed E-state index contributed by atoms with van der Waals surface area (Å²) < 4.78 is 4.94. The molecule has 1 aromatic carbocycles. The highest BCUT2D eigenvalue weighted by Crippen LogP contribution is 2.26. The number of benzene rings is 1. The number of carboxylic acids is 2. The van der Waals surface area contributed by atoms with Gasteiger partial charge in [-0.25, -0.2) is 4.79 Å². The molecule has 19 heavy (non-hydrogen) atoms. The third-order valence-electron chi connectivity index (χ3n) is 2.73. The van der Waals surface area contributed by atoms with E-state index in [1.807, 2.05) is 0 Å². The standard InChI is InChI=1S/C13H10O6/c14-11(15)5-9(13(17)18)8-6-12(16)19-10-4-2-1-3-7(8)10/h1-4,6,9H,5H2,(H,14,15)(H,17,18). The third kappa shape index (κ3) is 2.62. The van der Waals surface area contributed by atoms with Crippen molar-refractivity contribution in [2.75, 3.05) is 0 Å². The zero-order valence-electron chi connectivity index (χ0n) is 9.70. The molecule has 0 spiro atoms. The molecule has 6 nitrogen and oxygen atoms in total. The fourth-order valence-corrected chi connectivity index (χ4v) is 1.93. The van der Waals surface area contributed by atoms with Crippen molar-refractivity contribution in [2.45, 2.75) is 12.3 Å². The molecule has 0 aliphatic rings. The van der Waals surface area contributed by atoms with Crippen LogP contribution in [-0.4, -0.2) is 22.2 Å². The second kappa shape index (κ2) is 4.93. The lowest BCUT2D eigenvalue weighted by atomic mass is 9.93. The van der Waals surface area contributed by atoms with E-state index in [9.17, 15) is 14.4 Å². The number of carbonyl (C=O) groups is 2. The summed E-state index contributed by atoms with van der Waals surface area (Å²) in [6.45, 7) is 0. The van der Waals surface area contributed by atoms with Crippen LogP contribution in [0.25, 0.3) is 11.0 Å². The number of rotatable bonds is 4. The number of fused-ring (bicyclic) bond motifs is 1. The van der Waals surface area contributed by atoms with Crippen LogP contribution < -0.4 is 5.63 Å². The van der Waals surface area contributed by atoms with Crippen molar-refractivity contribution in [1.29, 1.82) is 0 Å². The molecule has 98 valence electrons. The molecule has 0 aliphatic carbocycles. The van der Waals surface area contributed by atoms with Gasteiger partial charge in [0.1, 0.15) is 5.58 Å². The van der Waals surface area contributed by atoms with Crippen LogP contribution >= 0.6 is 0 Å². The van der Waals surface area contributed by atoms with Crippen molar-refractivity contribution in [3.05, 3.63) is 46.3 Å². The van der Waals surface area contributed by atoms with E-state index in [2.05, 4.69) is 0 Å². The first-order valence-corrected chi connectivity index (χ1v) is 5.46. The van der Waals surface area contributed by atoms with Gasteiger partial charge in [-0.2, -0.15) is 0 Å². The molecule has 0 saturated heterocycles. The van der Waals surface area contributed by atoms with Crippen LogP contribution in [-0.2, 0) is 9.59 Å². The topological polar surface area (TPSA) is 105 Å². The van der Waals surface area contributed by atoms with Gasteiger partial charge in [0.25, 0.3) is 0 Å². The molecule has 2 rings (SSSR count). The number of para-hydroxylation sites is 1. The highest BCUT2D eigenvalue weighted by Gasteiger charge is 2.25. The highest BCUT2D eigenvalue weighted by atomic mass is 16.4. The van der Waals surface area contributed by atoms with Gasteiger partial charge in [-0.3, -0.25) is 9.59 Å². The average molecular weight is 262 g/mol. The smallest absolute Gasteiger partial charge is 0.336 e. The van der Waals surface area contributed by atoms with Crippen LogP contribution in [0.4, 0.5) is 0 Å². The Labute approximate surface area is 106 Å². The van der Waals surface area contributed by atoms with Gasteiger partial charge < -0.3 is 14.6 Å². The van der Waals surface area contributed by atoms with Crippen LogP contribution in [0.3, 0.4) is 0 Å². The fourth-order valence-electron chi connectivity index (χ4n) is 1.93. The Bertz CT molecular complexity index is 700. The molecule has 1 aromatic heterocycles. The number of aliphatic carboxylic acids is 2. The minimum atomic E-state index is -1.29. The van der Waals surface area contributed by atoms with Crippen molar-refractivity contribution in [3.8, 4) is 0 Å². The van der Waals surface area contributed by atoms with Gasteiger partial charge in [0.05, 0.1) is 12.3 Å². The number of hydrogen-bond donors (Lipinski definition) is 2. The summed E-state index contributed by atoms with van der Waals surface area (Å²) in [6, 6.07) is 7.45. The maximum absolute atomic E-state index is 11.4. The molecule has 1 unspecified atom stereocenters. The lowest BCUT2D eigenvalue weighted by molar-refractivity contribution is -0.145. The van der Waals surface area contributed by atoms with Gasteiger partial charge in [0, 0.05) is 11.5 Å². The molecular weight excluding hydrogens is 252 g/mol.